The number of rotatable bonds is 5. The number of hydrogen-bond acceptors (Lipinski definition) is 3. The summed E-state index contributed by atoms with van der Waals surface area (Å²) in [5.74, 6) is -0.413. The average Bonchev–Trinajstić information content (AvgIpc) is 2.64. The molecule has 0 unspecified atom stereocenters. The minimum atomic E-state index is -0.749. The van der Waals surface area contributed by atoms with Crippen molar-refractivity contribution in [2.75, 3.05) is 5.32 Å². The summed E-state index contributed by atoms with van der Waals surface area (Å²) in [5, 5.41) is 2.58. The highest BCUT2D eigenvalue weighted by molar-refractivity contribution is 6.06. The summed E-state index contributed by atoms with van der Waals surface area (Å²) in [7, 11) is 0. The number of H-pyrrole nitrogens is 1. The van der Waals surface area contributed by atoms with Gasteiger partial charge in [-0.05, 0) is 54.4 Å². The number of halogens is 2. The molecule has 3 aromatic rings. The van der Waals surface area contributed by atoms with Gasteiger partial charge in [-0.15, -0.1) is 0 Å². The summed E-state index contributed by atoms with van der Waals surface area (Å²) in [5.41, 5.74) is 0.857. The van der Waals surface area contributed by atoms with E-state index >= 15 is 0 Å². The Hall–Kier alpha value is -3.48. The molecule has 0 aliphatic rings. The van der Waals surface area contributed by atoms with Crippen LogP contribution in [-0.2, 0) is 6.67 Å². The number of nitrogens with one attached hydrogen (secondary N) is 2. The first-order valence-electron chi connectivity index (χ1n) is 8.09. The highest BCUT2D eigenvalue weighted by Crippen LogP contribution is 2.30. The molecule has 27 heavy (non-hydrogen) atoms. The molecule has 5 nitrogen and oxygen atoms in total. The van der Waals surface area contributed by atoms with E-state index in [2.05, 4.69) is 10.3 Å². The molecule has 2 N–H and O–H groups in total. The van der Waals surface area contributed by atoms with Crippen LogP contribution in [0.5, 0.6) is 11.5 Å². The van der Waals surface area contributed by atoms with Gasteiger partial charge in [0.15, 0.2) is 0 Å². The van der Waals surface area contributed by atoms with Gasteiger partial charge < -0.3 is 15.0 Å². The lowest BCUT2D eigenvalue weighted by molar-refractivity contribution is 0.102. The number of pyridine rings is 1. The minimum absolute atomic E-state index is 0.0918. The third-order valence-corrected chi connectivity index (χ3v) is 3.83. The van der Waals surface area contributed by atoms with E-state index < -0.39 is 18.4 Å². The maximum Gasteiger partial charge on any atom is 0.259 e. The molecule has 1 heterocycles. The van der Waals surface area contributed by atoms with Crippen LogP contribution in [0.2, 0.25) is 0 Å². The Labute approximate surface area is 153 Å². The lowest BCUT2D eigenvalue weighted by atomic mass is 10.1. The zero-order valence-electron chi connectivity index (χ0n) is 14.4. The van der Waals surface area contributed by atoms with Gasteiger partial charge in [-0.3, -0.25) is 9.59 Å². The van der Waals surface area contributed by atoms with Crippen molar-refractivity contribution in [3.8, 4) is 11.5 Å². The molecular formula is C20H16F2N2O3. The van der Waals surface area contributed by atoms with E-state index in [9.17, 15) is 18.4 Å². The predicted molar refractivity (Wildman–Crippen MR) is 97.5 cm³/mol. The van der Waals surface area contributed by atoms with Crippen LogP contribution in [0.3, 0.4) is 0 Å². The Morgan fingerprint density at radius 2 is 1.89 bits per heavy atom. The second-order valence-electron chi connectivity index (χ2n) is 5.87. The van der Waals surface area contributed by atoms with Crippen molar-refractivity contribution in [3.63, 3.8) is 0 Å². The van der Waals surface area contributed by atoms with Gasteiger partial charge in [-0.1, -0.05) is 6.07 Å². The van der Waals surface area contributed by atoms with Gasteiger partial charge in [-0.25, -0.2) is 8.78 Å². The van der Waals surface area contributed by atoms with Crippen LogP contribution in [0.4, 0.5) is 14.5 Å². The van der Waals surface area contributed by atoms with Crippen molar-refractivity contribution in [2.24, 2.45) is 0 Å². The maximum absolute atomic E-state index is 13.3. The lowest BCUT2D eigenvalue weighted by Gasteiger charge is -2.14. The number of ether oxygens (including phenoxy) is 1. The predicted octanol–water partition coefficient (Wildman–Crippen LogP) is 4.34. The van der Waals surface area contributed by atoms with Crippen LogP contribution >= 0.6 is 0 Å². The standard InChI is InChI=1S/C20H16F2N2O3/c1-12-8-14(22)3-5-17(12)27-18-4-2-13(11-21)9-16(18)20(26)24-15-6-7-23-19(25)10-15/h2-10H,11H2,1H3,(H2,23,24,25,26). The van der Waals surface area contributed by atoms with Crippen LogP contribution in [0, 0.1) is 12.7 Å². The lowest BCUT2D eigenvalue weighted by Crippen LogP contribution is -2.15. The molecule has 0 bridgehead atoms. The SMILES string of the molecule is Cc1cc(F)ccc1Oc1ccc(CF)cc1C(=O)Nc1cc[nH]c(=O)c1. The number of carbonyl (C=O) groups excluding carboxylic acids is 1. The number of hydrogen-bond donors (Lipinski definition) is 2. The number of amides is 1. The number of anilines is 1. The molecular weight excluding hydrogens is 354 g/mol. The molecule has 1 amide bonds. The zero-order chi connectivity index (χ0) is 19.4. The Morgan fingerprint density at radius 1 is 1.11 bits per heavy atom. The Kier molecular flexibility index (Phi) is 5.30. The Balaban J connectivity index is 1.95. The van der Waals surface area contributed by atoms with E-state index in [1.54, 1.807) is 6.92 Å². The number of aromatic amines is 1. The molecule has 0 aliphatic carbocycles. The first-order valence-corrected chi connectivity index (χ1v) is 8.09. The Morgan fingerprint density at radius 3 is 2.59 bits per heavy atom. The molecule has 2 aromatic carbocycles. The molecule has 138 valence electrons. The molecule has 0 saturated carbocycles. The van der Waals surface area contributed by atoms with Crippen LogP contribution < -0.4 is 15.6 Å². The smallest absolute Gasteiger partial charge is 0.259 e. The van der Waals surface area contributed by atoms with E-state index in [-0.39, 0.29) is 16.9 Å². The number of aryl methyl sites for hydroxylation is 1. The second-order valence-corrected chi connectivity index (χ2v) is 5.87. The van der Waals surface area contributed by atoms with Gasteiger partial charge in [0.1, 0.15) is 24.0 Å². The summed E-state index contributed by atoms with van der Waals surface area (Å²) in [4.78, 5) is 26.5. The summed E-state index contributed by atoms with van der Waals surface area (Å²) in [6.45, 7) is 0.922. The number of benzene rings is 2. The van der Waals surface area contributed by atoms with E-state index in [1.807, 2.05) is 0 Å². The molecule has 1 aromatic heterocycles. The van der Waals surface area contributed by atoms with Gasteiger partial charge in [0.25, 0.3) is 5.91 Å². The van der Waals surface area contributed by atoms with Crippen molar-refractivity contribution in [3.05, 3.63) is 87.6 Å². The topological polar surface area (TPSA) is 71.2 Å². The van der Waals surface area contributed by atoms with E-state index in [0.29, 0.717) is 22.6 Å². The quantitative estimate of drug-likeness (QED) is 0.702. The van der Waals surface area contributed by atoms with Crippen molar-refractivity contribution in [1.29, 1.82) is 0 Å². The highest BCUT2D eigenvalue weighted by atomic mass is 19.1. The van der Waals surface area contributed by atoms with E-state index in [0.717, 1.165) is 0 Å². The number of carbonyl (C=O) groups is 1. The summed E-state index contributed by atoms with van der Waals surface area (Å²) < 4.78 is 32.1. The molecule has 0 aliphatic heterocycles. The van der Waals surface area contributed by atoms with Crippen molar-refractivity contribution in [1.82, 2.24) is 4.98 Å². The van der Waals surface area contributed by atoms with Gasteiger partial charge >= 0.3 is 0 Å². The van der Waals surface area contributed by atoms with Crippen molar-refractivity contribution >= 4 is 11.6 Å². The first kappa shape index (κ1) is 18.3. The molecule has 0 saturated heterocycles. The largest absolute Gasteiger partial charge is 0.456 e. The first-order chi connectivity index (χ1) is 13.0. The van der Waals surface area contributed by atoms with E-state index in [1.165, 1.54) is 54.7 Å². The van der Waals surface area contributed by atoms with Crippen molar-refractivity contribution in [2.45, 2.75) is 13.6 Å². The van der Waals surface area contributed by atoms with Gasteiger partial charge in [0.05, 0.1) is 5.56 Å². The average molecular weight is 370 g/mol. The fraction of sp³-hybridized carbons (Fsp3) is 0.100. The Bertz CT molecular complexity index is 1050. The fourth-order valence-corrected chi connectivity index (χ4v) is 2.49. The third kappa shape index (κ3) is 4.38. The molecule has 0 radical (unpaired) electrons. The zero-order valence-corrected chi connectivity index (χ0v) is 14.4. The fourth-order valence-electron chi connectivity index (χ4n) is 2.49. The van der Waals surface area contributed by atoms with Crippen molar-refractivity contribution < 1.29 is 18.3 Å². The van der Waals surface area contributed by atoms with Crippen LogP contribution in [0.1, 0.15) is 21.5 Å². The molecule has 0 atom stereocenters. The number of alkyl halides is 1. The molecule has 7 heteroatoms. The maximum atomic E-state index is 13.3. The van der Waals surface area contributed by atoms with Crippen LogP contribution in [-0.4, -0.2) is 10.9 Å². The summed E-state index contributed by atoms with van der Waals surface area (Å²) >= 11 is 0. The molecule has 3 rings (SSSR count). The van der Waals surface area contributed by atoms with Crippen LogP contribution in [0.15, 0.2) is 59.5 Å². The summed E-state index contributed by atoms with van der Waals surface area (Å²) in [6, 6.07) is 11.1. The highest BCUT2D eigenvalue weighted by Gasteiger charge is 2.16. The van der Waals surface area contributed by atoms with Gasteiger partial charge in [0.2, 0.25) is 5.56 Å². The molecule has 0 fully saturated rings. The summed E-state index contributed by atoms with van der Waals surface area (Å²) in [6.07, 6.45) is 1.40. The number of aromatic nitrogens is 1. The third-order valence-electron chi connectivity index (χ3n) is 3.83. The monoisotopic (exact) mass is 370 g/mol. The van der Waals surface area contributed by atoms with Gasteiger partial charge in [0, 0.05) is 18.0 Å². The van der Waals surface area contributed by atoms with Crippen LogP contribution in [0.25, 0.3) is 0 Å². The van der Waals surface area contributed by atoms with Gasteiger partial charge in [-0.2, -0.15) is 0 Å². The minimum Gasteiger partial charge on any atom is -0.456 e. The second kappa shape index (κ2) is 7.82. The normalized spacial score (nSPS) is 10.5. The van der Waals surface area contributed by atoms with E-state index in [4.69, 9.17) is 4.74 Å². The molecule has 0 spiro atoms.